The van der Waals surface area contributed by atoms with Crippen LogP contribution >= 0.6 is 0 Å². The molecule has 0 aromatic rings. The van der Waals surface area contributed by atoms with Crippen LogP contribution in [0, 0.1) is 11.8 Å². The zero-order valence-corrected chi connectivity index (χ0v) is 12.9. The maximum atomic E-state index is 6.30. The average Bonchev–Trinajstić information content (AvgIpc) is 2.40. The van der Waals surface area contributed by atoms with Gasteiger partial charge in [0.05, 0.1) is 6.17 Å². The van der Waals surface area contributed by atoms with Gasteiger partial charge in [-0.3, -0.25) is 5.32 Å². The van der Waals surface area contributed by atoms with Crippen molar-refractivity contribution in [3.05, 3.63) is 0 Å². The minimum atomic E-state index is 0.224. The molecular formula is C17H34N2. The van der Waals surface area contributed by atoms with Crippen LogP contribution in [0.3, 0.4) is 0 Å². The molecule has 112 valence electrons. The number of hydrogen-bond donors (Lipinski definition) is 2. The molecule has 0 radical (unpaired) electrons. The van der Waals surface area contributed by atoms with Crippen LogP contribution in [0.2, 0.25) is 0 Å². The van der Waals surface area contributed by atoms with E-state index >= 15 is 0 Å². The fourth-order valence-electron chi connectivity index (χ4n) is 4.21. The molecule has 0 amide bonds. The molecule has 2 aliphatic rings. The number of nitrogens with two attached hydrogens (primary N) is 1. The van der Waals surface area contributed by atoms with Gasteiger partial charge in [0, 0.05) is 6.04 Å². The minimum Gasteiger partial charge on any atom is -0.316 e. The Balaban J connectivity index is 1.61. The number of hydrogen-bond acceptors (Lipinski definition) is 2. The first-order chi connectivity index (χ1) is 9.24. The van der Waals surface area contributed by atoms with Crippen LogP contribution < -0.4 is 11.1 Å². The van der Waals surface area contributed by atoms with Crippen LogP contribution in [0.5, 0.6) is 0 Å². The van der Waals surface area contributed by atoms with E-state index in [-0.39, 0.29) is 6.17 Å². The molecule has 0 bridgehead atoms. The molecule has 2 nitrogen and oxygen atoms in total. The van der Waals surface area contributed by atoms with Crippen molar-refractivity contribution in [3.8, 4) is 0 Å². The molecule has 0 aromatic heterocycles. The Kier molecular flexibility index (Phi) is 6.66. The van der Waals surface area contributed by atoms with E-state index in [9.17, 15) is 0 Å². The highest BCUT2D eigenvalue weighted by molar-refractivity contribution is 4.76. The third kappa shape index (κ3) is 5.83. The lowest BCUT2D eigenvalue weighted by molar-refractivity contribution is 0.262. The number of rotatable bonds is 6. The Hall–Kier alpha value is -0.0800. The van der Waals surface area contributed by atoms with Crippen molar-refractivity contribution in [2.24, 2.45) is 17.6 Å². The van der Waals surface area contributed by atoms with Crippen molar-refractivity contribution in [1.82, 2.24) is 5.32 Å². The fraction of sp³-hybridized carbons (Fsp3) is 1.00. The predicted octanol–water partition coefficient (Wildman–Crippen LogP) is 4.19. The van der Waals surface area contributed by atoms with Gasteiger partial charge in [-0.05, 0) is 31.6 Å². The van der Waals surface area contributed by atoms with Crippen LogP contribution in [0.15, 0.2) is 0 Å². The molecule has 2 heteroatoms. The zero-order chi connectivity index (χ0) is 13.5. The predicted molar refractivity (Wildman–Crippen MR) is 83.0 cm³/mol. The lowest BCUT2D eigenvalue weighted by atomic mass is 9.84. The van der Waals surface area contributed by atoms with Crippen molar-refractivity contribution < 1.29 is 0 Å². The van der Waals surface area contributed by atoms with Gasteiger partial charge in [-0.1, -0.05) is 64.2 Å². The monoisotopic (exact) mass is 266 g/mol. The maximum Gasteiger partial charge on any atom is 0.0550 e. The summed E-state index contributed by atoms with van der Waals surface area (Å²) in [7, 11) is 0. The molecule has 2 unspecified atom stereocenters. The molecule has 2 fully saturated rings. The van der Waals surface area contributed by atoms with E-state index in [1.54, 1.807) is 0 Å². The molecule has 2 saturated carbocycles. The Morgan fingerprint density at radius 2 is 1.32 bits per heavy atom. The van der Waals surface area contributed by atoms with Gasteiger partial charge in [0.25, 0.3) is 0 Å². The summed E-state index contributed by atoms with van der Waals surface area (Å²) < 4.78 is 0. The van der Waals surface area contributed by atoms with E-state index in [2.05, 4.69) is 12.2 Å². The van der Waals surface area contributed by atoms with E-state index in [4.69, 9.17) is 5.73 Å². The van der Waals surface area contributed by atoms with E-state index < -0.39 is 0 Å². The van der Waals surface area contributed by atoms with Crippen LogP contribution in [0.4, 0.5) is 0 Å². The largest absolute Gasteiger partial charge is 0.316 e. The Morgan fingerprint density at radius 1 is 0.842 bits per heavy atom. The maximum absolute atomic E-state index is 6.30. The molecule has 0 heterocycles. The minimum absolute atomic E-state index is 0.224. The summed E-state index contributed by atoms with van der Waals surface area (Å²) in [5.74, 6) is 1.84. The van der Waals surface area contributed by atoms with Gasteiger partial charge < -0.3 is 5.73 Å². The molecule has 2 atom stereocenters. The van der Waals surface area contributed by atoms with Crippen molar-refractivity contribution in [1.29, 1.82) is 0 Å². The second-order valence-electron chi connectivity index (χ2n) is 7.15. The van der Waals surface area contributed by atoms with Crippen LogP contribution in [0.1, 0.15) is 84.0 Å². The highest BCUT2D eigenvalue weighted by Crippen LogP contribution is 2.28. The lowest BCUT2D eigenvalue weighted by Crippen LogP contribution is -2.44. The van der Waals surface area contributed by atoms with E-state index in [0.29, 0.717) is 6.04 Å². The fourth-order valence-corrected chi connectivity index (χ4v) is 4.21. The highest BCUT2D eigenvalue weighted by atomic mass is 15.0. The second-order valence-corrected chi connectivity index (χ2v) is 7.15. The first kappa shape index (κ1) is 15.3. The van der Waals surface area contributed by atoms with Crippen LogP contribution in [-0.2, 0) is 0 Å². The van der Waals surface area contributed by atoms with Crippen molar-refractivity contribution in [3.63, 3.8) is 0 Å². The molecule has 19 heavy (non-hydrogen) atoms. The molecule has 0 spiro atoms. The van der Waals surface area contributed by atoms with Gasteiger partial charge >= 0.3 is 0 Å². The Labute approximate surface area is 119 Å². The molecule has 2 aliphatic carbocycles. The topological polar surface area (TPSA) is 38.0 Å². The van der Waals surface area contributed by atoms with Gasteiger partial charge in [0.15, 0.2) is 0 Å². The first-order valence-corrected chi connectivity index (χ1v) is 8.75. The lowest BCUT2D eigenvalue weighted by Gasteiger charge is -2.29. The summed E-state index contributed by atoms with van der Waals surface area (Å²) >= 11 is 0. The summed E-state index contributed by atoms with van der Waals surface area (Å²) in [6.07, 6.45) is 17.1. The van der Waals surface area contributed by atoms with E-state index in [1.807, 2.05) is 0 Å². The van der Waals surface area contributed by atoms with Crippen LogP contribution in [-0.4, -0.2) is 12.2 Å². The van der Waals surface area contributed by atoms with Gasteiger partial charge in [-0.25, -0.2) is 0 Å². The smallest absolute Gasteiger partial charge is 0.0550 e. The van der Waals surface area contributed by atoms with Gasteiger partial charge in [0.2, 0.25) is 0 Å². The van der Waals surface area contributed by atoms with Crippen molar-refractivity contribution in [2.75, 3.05) is 0 Å². The molecule has 2 rings (SSSR count). The van der Waals surface area contributed by atoms with Crippen LogP contribution in [0.25, 0.3) is 0 Å². The summed E-state index contributed by atoms with van der Waals surface area (Å²) in [6.45, 7) is 2.33. The van der Waals surface area contributed by atoms with Gasteiger partial charge in [-0.15, -0.1) is 0 Å². The standard InChI is InChI=1S/C17H34N2/c1-14(12-15-8-4-2-5-9-15)19-17(18)13-16-10-6-3-7-11-16/h14-17,19H,2-13,18H2,1H3. The summed E-state index contributed by atoms with van der Waals surface area (Å²) in [6, 6.07) is 0.599. The number of nitrogens with one attached hydrogen (secondary N) is 1. The molecule has 0 saturated heterocycles. The van der Waals surface area contributed by atoms with E-state index in [0.717, 1.165) is 11.8 Å². The summed E-state index contributed by atoms with van der Waals surface area (Å²) in [5, 5.41) is 3.65. The Bertz CT molecular complexity index is 205. The van der Waals surface area contributed by atoms with Gasteiger partial charge in [0.1, 0.15) is 0 Å². The first-order valence-electron chi connectivity index (χ1n) is 8.75. The zero-order valence-electron chi connectivity index (χ0n) is 12.9. The van der Waals surface area contributed by atoms with Gasteiger partial charge in [-0.2, -0.15) is 0 Å². The molecule has 0 aromatic carbocycles. The summed E-state index contributed by atoms with van der Waals surface area (Å²) in [4.78, 5) is 0. The molecular weight excluding hydrogens is 232 g/mol. The quantitative estimate of drug-likeness (QED) is 0.707. The van der Waals surface area contributed by atoms with Crippen molar-refractivity contribution >= 4 is 0 Å². The normalized spacial score (nSPS) is 26.2. The molecule has 0 aliphatic heterocycles. The highest BCUT2D eigenvalue weighted by Gasteiger charge is 2.20. The third-order valence-corrected chi connectivity index (χ3v) is 5.22. The second kappa shape index (κ2) is 8.26. The SMILES string of the molecule is CC(CC1CCCCC1)NC(N)CC1CCCCC1. The van der Waals surface area contributed by atoms with Crippen molar-refractivity contribution in [2.45, 2.75) is 96.2 Å². The molecule has 3 N–H and O–H groups in total. The third-order valence-electron chi connectivity index (χ3n) is 5.22. The van der Waals surface area contributed by atoms with E-state index in [1.165, 1.54) is 77.0 Å². The summed E-state index contributed by atoms with van der Waals surface area (Å²) in [5.41, 5.74) is 6.30. The Morgan fingerprint density at radius 3 is 1.84 bits per heavy atom. The average molecular weight is 266 g/mol.